The van der Waals surface area contributed by atoms with Gasteiger partial charge in [0.05, 0.1) is 19.8 Å². The molecule has 1 aromatic heterocycles. The molecule has 7 nitrogen and oxygen atoms in total. The minimum Gasteiger partial charge on any atom is -0.350 e. The zero-order chi connectivity index (χ0) is 17.1. The van der Waals surface area contributed by atoms with Crippen molar-refractivity contribution in [3.8, 4) is 0 Å². The van der Waals surface area contributed by atoms with Crippen LogP contribution in [0.1, 0.15) is 28.8 Å². The summed E-state index contributed by atoms with van der Waals surface area (Å²) in [4.78, 5) is 18.6. The first-order chi connectivity index (χ1) is 12.3. The number of rotatable bonds is 4. The number of piperidine rings is 1. The third-order valence-electron chi connectivity index (χ3n) is 4.87. The monoisotopic (exact) mass is 342 g/mol. The molecule has 0 atom stereocenters. The summed E-state index contributed by atoms with van der Waals surface area (Å²) in [5.74, 6) is 0.496. The highest BCUT2D eigenvalue weighted by Crippen LogP contribution is 2.26. The van der Waals surface area contributed by atoms with Crippen molar-refractivity contribution in [3.05, 3.63) is 48.0 Å². The smallest absolute Gasteiger partial charge is 0.253 e. The molecule has 132 valence electrons. The number of ether oxygens (including phenoxy) is 2. The number of amides is 1. The summed E-state index contributed by atoms with van der Waals surface area (Å²) in [6.07, 6.45) is 4.99. The summed E-state index contributed by atoms with van der Waals surface area (Å²) >= 11 is 0. The largest absolute Gasteiger partial charge is 0.350 e. The Morgan fingerprint density at radius 3 is 2.48 bits per heavy atom. The fourth-order valence-electron chi connectivity index (χ4n) is 3.46. The van der Waals surface area contributed by atoms with E-state index in [0.29, 0.717) is 25.7 Å². The fourth-order valence-corrected chi connectivity index (χ4v) is 3.46. The first-order valence-electron chi connectivity index (χ1n) is 8.73. The van der Waals surface area contributed by atoms with Gasteiger partial charge in [-0.15, -0.1) is 0 Å². The van der Waals surface area contributed by atoms with Crippen LogP contribution >= 0.6 is 0 Å². The van der Waals surface area contributed by atoms with Crippen LogP contribution in [0.3, 0.4) is 0 Å². The number of nitrogens with zero attached hydrogens (tertiary/aromatic N) is 4. The molecule has 0 unspecified atom stereocenters. The molecule has 1 aromatic carbocycles. The van der Waals surface area contributed by atoms with Gasteiger partial charge in [-0.25, -0.2) is 9.67 Å². The Bertz CT molecular complexity index is 688. The van der Waals surface area contributed by atoms with Crippen molar-refractivity contribution >= 4 is 5.91 Å². The zero-order valence-electron chi connectivity index (χ0n) is 14.1. The maximum Gasteiger partial charge on any atom is 0.253 e. The van der Waals surface area contributed by atoms with Crippen molar-refractivity contribution < 1.29 is 14.3 Å². The van der Waals surface area contributed by atoms with E-state index in [1.807, 2.05) is 29.2 Å². The number of carbonyl (C=O) groups excluding carboxylic acids is 1. The highest BCUT2D eigenvalue weighted by molar-refractivity contribution is 5.94. The van der Waals surface area contributed by atoms with Gasteiger partial charge in [0.2, 0.25) is 0 Å². The number of aromatic nitrogens is 3. The number of carbonyl (C=O) groups is 1. The van der Waals surface area contributed by atoms with Gasteiger partial charge >= 0.3 is 0 Å². The van der Waals surface area contributed by atoms with Crippen LogP contribution in [0, 0.1) is 5.92 Å². The molecule has 2 aliphatic rings. The molecule has 1 amide bonds. The van der Waals surface area contributed by atoms with Crippen LogP contribution in [-0.2, 0) is 16.0 Å². The molecule has 0 saturated carbocycles. The van der Waals surface area contributed by atoms with Gasteiger partial charge < -0.3 is 14.4 Å². The molecule has 0 spiro atoms. The van der Waals surface area contributed by atoms with Crippen LogP contribution in [0.25, 0.3) is 0 Å². The third kappa shape index (κ3) is 3.72. The fraction of sp³-hybridized carbons (Fsp3) is 0.500. The quantitative estimate of drug-likeness (QED) is 0.843. The van der Waals surface area contributed by atoms with Gasteiger partial charge in [0, 0.05) is 24.6 Å². The van der Waals surface area contributed by atoms with E-state index in [0.717, 1.165) is 37.1 Å². The van der Waals surface area contributed by atoms with Crippen LogP contribution in [-0.4, -0.2) is 58.2 Å². The molecule has 0 radical (unpaired) electrons. The van der Waals surface area contributed by atoms with Gasteiger partial charge in [0.1, 0.15) is 12.7 Å². The van der Waals surface area contributed by atoms with Crippen LogP contribution in [0.2, 0.25) is 0 Å². The van der Waals surface area contributed by atoms with Crippen molar-refractivity contribution in [2.75, 3.05) is 26.3 Å². The molecule has 2 aromatic rings. The molecule has 2 saturated heterocycles. The van der Waals surface area contributed by atoms with Gasteiger partial charge in [-0.1, -0.05) is 12.1 Å². The molecule has 2 fully saturated rings. The summed E-state index contributed by atoms with van der Waals surface area (Å²) in [6.45, 7) is 3.54. The highest BCUT2D eigenvalue weighted by Gasteiger charge is 2.31. The topological polar surface area (TPSA) is 69.5 Å². The van der Waals surface area contributed by atoms with Gasteiger partial charge in [-0.2, -0.15) is 5.10 Å². The van der Waals surface area contributed by atoms with E-state index in [9.17, 15) is 4.79 Å². The lowest BCUT2D eigenvalue weighted by Gasteiger charge is -2.33. The Morgan fingerprint density at radius 1 is 1.12 bits per heavy atom. The van der Waals surface area contributed by atoms with E-state index in [4.69, 9.17) is 9.47 Å². The average Bonchev–Trinajstić information content (AvgIpc) is 3.36. The minimum atomic E-state index is -0.0756. The molecular weight excluding hydrogens is 320 g/mol. The molecule has 7 heteroatoms. The molecule has 2 aliphatic heterocycles. The second-order valence-corrected chi connectivity index (χ2v) is 6.53. The minimum absolute atomic E-state index is 0.0756. The Morgan fingerprint density at radius 2 is 1.84 bits per heavy atom. The van der Waals surface area contributed by atoms with Crippen molar-refractivity contribution in [1.29, 1.82) is 0 Å². The molecule has 0 aliphatic carbocycles. The van der Waals surface area contributed by atoms with Crippen LogP contribution in [0.4, 0.5) is 0 Å². The second kappa shape index (κ2) is 7.33. The van der Waals surface area contributed by atoms with E-state index < -0.39 is 0 Å². The van der Waals surface area contributed by atoms with Crippen molar-refractivity contribution in [2.24, 2.45) is 5.92 Å². The standard InChI is InChI=1S/C18H22N4O3/c23-17(21-7-5-16(6-8-21)18-24-9-10-25-18)15-3-1-14(2-4-15)11-22-13-19-12-20-22/h1-4,12-13,16,18H,5-11H2. The average molecular weight is 342 g/mol. The highest BCUT2D eigenvalue weighted by atomic mass is 16.7. The molecule has 25 heavy (non-hydrogen) atoms. The summed E-state index contributed by atoms with van der Waals surface area (Å²) < 4.78 is 12.9. The van der Waals surface area contributed by atoms with Gasteiger partial charge in [0.15, 0.2) is 6.29 Å². The molecule has 0 bridgehead atoms. The Balaban J connectivity index is 1.33. The van der Waals surface area contributed by atoms with Crippen molar-refractivity contribution in [3.63, 3.8) is 0 Å². The molecule has 4 rings (SSSR count). The van der Waals surface area contributed by atoms with Crippen LogP contribution in [0.15, 0.2) is 36.9 Å². The summed E-state index contributed by atoms with van der Waals surface area (Å²) in [5, 5.41) is 4.09. The maximum absolute atomic E-state index is 12.7. The van der Waals surface area contributed by atoms with E-state index in [2.05, 4.69) is 10.1 Å². The van der Waals surface area contributed by atoms with Gasteiger partial charge in [-0.3, -0.25) is 4.79 Å². The van der Waals surface area contributed by atoms with Crippen LogP contribution in [0.5, 0.6) is 0 Å². The lowest BCUT2D eigenvalue weighted by atomic mass is 9.95. The van der Waals surface area contributed by atoms with Crippen molar-refractivity contribution in [2.45, 2.75) is 25.7 Å². The maximum atomic E-state index is 12.7. The Labute approximate surface area is 146 Å². The molecule has 0 N–H and O–H groups in total. The summed E-state index contributed by atoms with van der Waals surface area (Å²) in [6, 6.07) is 7.73. The van der Waals surface area contributed by atoms with E-state index in [1.165, 1.54) is 6.33 Å². The van der Waals surface area contributed by atoms with Gasteiger partial charge in [-0.05, 0) is 30.5 Å². The first kappa shape index (κ1) is 16.2. The normalized spacial score (nSPS) is 19.4. The number of benzene rings is 1. The SMILES string of the molecule is O=C(c1ccc(Cn2cncn2)cc1)N1CCC(C2OCCO2)CC1. The molecular formula is C18H22N4O3. The zero-order valence-corrected chi connectivity index (χ0v) is 14.1. The summed E-state index contributed by atoms with van der Waals surface area (Å²) in [7, 11) is 0. The molecule has 3 heterocycles. The second-order valence-electron chi connectivity index (χ2n) is 6.53. The van der Waals surface area contributed by atoms with Crippen LogP contribution < -0.4 is 0 Å². The Kier molecular flexibility index (Phi) is 4.76. The van der Waals surface area contributed by atoms with E-state index in [-0.39, 0.29) is 12.2 Å². The van der Waals surface area contributed by atoms with E-state index in [1.54, 1.807) is 11.0 Å². The Hall–Kier alpha value is -2.25. The summed E-state index contributed by atoms with van der Waals surface area (Å²) in [5.41, 5.74) is 1.82. The first-order valence-corrected chi connectivity index (χ1v) is 8.73. The predicted octanol–water partition coefficient (Wildman–Crippen LogP) is 1.55. The number of hydrogen-bond acceptors (Lipinski definition) is 5. The number of likely N-dealkylation sites (tertiary alicyclic amines) is 1. The van der Waals surface area contributed by atoms with Crippen molar-refractivity contribution in [1.82, 2.24) is 19.7 Å². The third-order valence-corrected chi connectivity index (χ3v) is 4.87. The van der Waals surface area contributed by atoms with E-state index >= 15 is 0 Å². The predicted molar refractivity (Wildman–Crippen MR) is 89.9 cm³/mol. The van der Waals surface area contributed by atoms with Gasteiger partial charge in [0.25, 0.3) is 5.91 Å². The lowest BCUT2D eigenvalue weighted by molar-refractivity contribution is -0.0956. The number of hydrogen-bond donors (Lipinski definition) is 0. The lowest BCUT2D eigenvalue weighted by Crippen LogP contribution is -2.41.